The number of ether oxygens (including phenoxy) is 6. The average Bonchev–Trinajstić information content (AvgIpc) is 2.58. The summed E-state index contributed by atoms with van der Waals surface area (Å²) in [5, 5.41) is 10.5. The first-order valence-corrected chi connectivity index (χ1v) is 7.68. The molecule has 0 aromatic heterocycles. The van der Waals surface area contributed by atoms with Crippen molar-refractivity contribution in [3.63, 3.8) is 0 Å². The van der Waals surface area contributed by atoms with Crippen LogP contribution in [0.15, 0.2) is 30.3 Å². The third kappa shape index (κ3) is 2.78. The van der Waals surface area contributed by atoms with E-state index in [1.54, 1.807) is 7.11 Å². The number of rotatable bonds is 6. The van der Waals surface area contributed by atoms with Gasteiger partial charge in [0.2, 0.25) is 0 Å². The van der Waals surface area contributed by atoms with Gasteiger partial charge < -0.3 is 33.5 Å². The molecule has 0 spiro atoms. The maximum atomic E-state index is 10.5. The number of aliphatic hydroxyl groups is 1. The minimum atomic E-state index is -0.825. The third-order valence-corrected chi connectivity index (χ3v) is 4.44. The maximum Gasteiger partial charge on any atom is 0.272 e. The lowest BCUT2D eigenvalue weighted by Gasteiger charge is -2.57. The standard InChI is InChI=1S/C16H20O7/c1-18-8-20-14-12-10(17)11-13(15(14)23-16(21-11)22-12)19-7-9-5-3-2-4-6-9/h2-6,10-17H,7-8H2,1H3/t10-,11-,12+,13+,14-,15-,16+/m0/s1. The van der Waals surface area contributed by atoms with E-state index in [-0.39, 0.29) is 12.9 Å². The zero-order valence-electron chi connectivity index (χ0n) is 12.7. The minimum absolute atomic E-state index is 0.0959. The van der Waals surface area contributed by atoms with Gasteiger partial charge in [-0.2, -0.15) is 0 Å². The first-order valence-electron chi connectivity index (χ1n) is 7.68. The average molecular weight is 324 g/mol. The Bertz CT molecular complexity index is 524. The Labute approximate surface area is 134 Å². The van der Waals surface area contributed by atoms with Gasteiger partial charge in [0.1, 0.15) is 43.4 Å². The molecule has 4 bridgehead atoms. The molecule has 7 nitrogen and oxygen atoms in total. The topological polar surface area (TPSA) is 75.6 Å². The Balaban J connectivity index is 1.49. The highest BCUT2D eigenvalue weighted by Crippen LogP contribution is 2.42. The van der Waals surface area contributed by atoms with Crippen LogP contribution < -0.4 is 0 Å². The van der Waals surface area contributed by atoms with Crippen LogP contribution in [-0.4, -0.2) is 62.1 Å². The molecule has 126 valence electrons. The van der Waals surface area contributed by atoms with Gasteiger partial charge in [0, 0.05) is 7.11 Å². The molecule has 3 aliphatic heterocycles. The third-order valence-electron chi connectivity index (χ3n) is 4.44. The van der Waals surface area contributed by atoms with Crippen LogP contribution in [0.25, 0.3) is 0 Å². The Morgan fingerprint density at radius 2 is 1.61 bits per heavy atom. The van der Waals surface area contributed by atoms with Crippen molar-refractivity contribution in [2.45, 2.75) is 49.7 Å². The van der Waals surface area contributed by atoms with Crippen LogP contribution in [0.5, 0.6) is 0 Å². The fourth-order valence-electron chi connectivity index (χ4n) is 3.38. The summed E-state index contributed by atoms with van der Waals surface area (Å²) in [6.45, 7) is -0.263. The van der Waals surface area contributed by atoms with Crippen molar-refractivity contribution in [1.29, 1.82) is 0 Å². The molecule has 0 radical (unpaired) electrons. The van der Waals surface area contributed by atoms with Gasteiger partial charge in [-0.3, -0.25) is 0 Å². The van der Waals surface area contributed by atoms with E-state index >= 15 is 0 Å². The number of methoxy groups -OCH3 is 1. The van der Waals surface area contributed by atoms with Crippen molar-refractivity contribution in [3.8, 4) is 0 Å². The predicted octanol–water partition coefficient (Wildman–Crippen LogP) is 0.402. The van der Waals surface area contributed by atoms with E-state index in [0.717, 1.165) is 5.56 Å². The van der Waals surface area contributed by atoms with Crippen LogP contribution >= 0.6 is 0 Å². The van der Waals surface area contributed by atoms with Gasteiger partial charge in [-0.25, -0.2) is 0 Å². The van der Waals surface area contributed by atoms with Crippen LogP contribution in [-0.2, 0) is 35.0 Å². The summed E-state index contributed by atoms with van der Waals surface area (Å²) >= 11 is 0. The van der Waals surface area contributed by atoms with Crippen molar-refractivity contribution >= 4 is 0 Å². The summed E-state index contributed by atoms with van der Waals surface area (Å²) in [6.07, 6.45) is -3.05. The molecule has 1 N–H and O–H groups in total. The van der Waals surface area contributed by atoms with Gasteiger partial charge in [0.25, 0.3) is 6.48 Å². The molecule has 0 unspecified atom stereocenters. The quantitative estimate of drug-likeness (QED) is 0.759. The molecule has 1 aromatic rings. The molecule has 4 fully saturated rings. The summed E-state index contributed by atoms with van der Waals surface area (Å²) in [5.41, 5.74) is 1.04. The van der Waals surface area contributed by atoms with Crippen molar-refractivity contribution in [2.24, 2.45) is 0 Å². The molecular formula is C16H20O7. The van der Waals surface area contributed by atoms with Crippen LogP contribution in [0.2, 0.25) is 0 Å². The predicted molar refractivity (Wildman–Crippen MR) is 76.2 cm³/mol. The van der Waals surface area contributed by atoms with Gasteiger partial charge in [-0.15, -0.1) is 0 Å². The molecule has 4 aliphatic rings. The molecule has 1 saturated carbocycles. The van der Waals surface area contributed by atoms with E-state index < -0.39 is 37.0 Å². The van der Waals surface area contributed by atoms with E-state index in [0.29, 0.717) is 6.61 Å². The van der Waals surface area contributed by atoms with Crippen LogP contribution in [0.1, 0.15) is 5.56 Å². The van der Waals surface area contributed by atoms with Gasteiger partial charge in [-0.1, -0.05) is 30.3 Å². The van der Waals surface area contributed by atoms with Gasteiger partial charge in [-0.05, 0) is 5.56 Å². The maximum absolute atomic E-state index is 10.5. The normalized spacial score (nSPS) is 41.4. The molecule has 5 rings (SSSR count). The smallest absolute Gasteiger partial charge is 0.272 e. The van der Waals surface area contributed by atoms with E-state index in [9.17, 15) is 5.11 Å². The van der Waals surface area contributed by atoms with Gasteiger partial charge >= 0.3 is 0 Å². The number of aliphatic hydroxyl groups excluding tert-OH is 1. The lowest BCUT2D eigenvalue weighted by atomic mass is 9.82. The number of hydrogen-bond donors (Lipinski definition) is 1. The lowest BCUT2D eigenvalue weighted by molar-refractivity contribution is -0.488. The highest BCUT2D eigenvalue weighted by molar-refractivity contribution is 5.14. The Morgan fingerprint density at radius 3 is 2.30 bits per heavy atom. The molecule has 1 aromatic carbocycles. The van der Waals surface area contributed by atoms with E-state index in [2.05, 4.69) is 0 Å². The number of benzene rings is 1. The molecule has 3 heterocycles. The largest absolute Gasteiger partial charge is 0.387 e. The lowest BCUT2D eigenvalue weighted by Crippen LogP contribution is -2.75. The van der Waals surface area contributed by atoms with Crippen LogP contribution in [0.4, 0.5) is 0 Å². The second-order valence-corrected chi connectivity index (χ2v) is 5.88. The van der Waals surface area contributed by atoms with Crippen LogP contribution in [0, 0.1) is 0 Å². The molecule has 7 atom stereocenters. The van der Waals surface area contributed by atoms with Gasteiger partial charge in [0.05, 0.1) is 6.61 Å². The van der Waals surface area contributed by atoms with Crippen molar-refractivity contribution < 1.29 is 33.5 Å². The molecular weight excluding hydrogens is 304 g/mol. The molecule has 0 amide bonds. The zero-order chi connectivity index (χ0) is 15.8. The van der Waals surface area contributed by atoms with E-state index in [1.165, 1.54) is 0 Å². The first-order chi connectivity index (χ1) is 11.3. The fraction of sp³-hybridized carbons (Fsp3) is 0.625. The second kappa shape index (κ2) is 6.45. The van der Waals surface area contributed by atoms with Crippen molar-refractivity contribution in [2.75, 3.05) is 13.9 Å². The summed E-state index contributed by atoms with van der Waals surface area (Å²) in [5.74, 6) is 0. The zero-order valence-corrected chi connectivity index (χ0v) is 12.7. The molecule has 1 aliphatic carbocycles. The van der Waals surface area contributed by atoms with Crippen molar-refractivity contribution in [3.05, 3.63) is 35.9 Å². The van der Waals surface area contributed by atoms with Crippen LogP contribution in [0.3, 0.4) is 0 Å². The van der Waals surface area contributed by atoms with E-state index in [4.69, 9.17) is 28.4 Å². The summed E-state index contributed by atoms with van der Waals surface area (Å²) in [6, 6.07) is 9.83. The minimum Gasteiger partial charge on any atom is -0.387 e. The van der Waals surface area contributed by atoms with E-state index in [1.807, 2.05) is 30.3 Å². The SMILES string of the molecule is COCO[C@@H]1[C@H]2O[C@H]3O[C@@H]1[C@@H](O)[C@H](O3)[C@H]2OCc1ccccc1. The summed E-state index contributed by atoms with van der Waals surface area (Å²) < 4.78 is 33.4. The highest BCUT2D eigenvalue weighted by atomic mass is 16.9. The Morgan fingerprint density at radius 1 is 0.957 bits per heavy atom. The second-order valence-electron chi connectivity index (χ2n) is 5.88. The first kappa shape index (κ1) is 15.5. The fourth-order valence-corrected chi connectivity index (χ4v) is 3.38. The molecule has 23 heavy (non-hydrogen) atoms. The Kier molecular flexibility index (Phi) is 4.33. The molecule has 3 saturated heterocycles. The monoisotopic (exact) mass is 324 g/mol. The van der Waals surface area contributed by atoms with Crippen molar-refractivity contribution in [1.82, 2.24) is 0 Å². The molecule has 7 heteroatoms. The summed E-state index contributed by atoms with van der Waals surface area (Å²) in [4.78, 5) is 0. The van der Waals surface area contributed by atoms with Gasteiger partial charge in [0.15, 0.2) is 0 Å². The summed E-state index contributed by atoms with van der Waals surface area (Å²) in [7, 11) is 1.54. The number of hydrogen-bond acceptors (Lipinski definition) is 7. The highest BCUT2D eigenvalue weighted by Gasteiger charge is 2.62. The Hall–Kier alpha value is -1.06.